The number of hydrogen-bond donors (Lipinski definition) is 1. The minimum Gasteiger partial charge on any atom is -0.388 e. The Balaban J connectivity index is 3.29. The van der Waals surface area contributed by atoms with E-state index in [1.807, 2.05) is 20.2 Å². The molecule has 0 unspecified atom stereocenters. The first-order chi connectivity index (χ1) is 5.16. The Bertz CT molecular complexity index is 267. The lowest BCUT2D eigenvalue weighted by Crippen LogP contribution is -1.98. The van der Waals surface area contributed by atoms with Crippen molar-refractivity contribution in [3.05, 3.63) is 23.0 Å². The highest BCUT2D eigenvalue weighted by atomic mass is 14.8. The van der Waals surface area contributed by atoms with Crippen LogP contribution in [-0.4, -0.2) is 12.0 Å². The van der Waals surface area contributed by atoms with Gasteiger partial charge in [-0.3, -0.25) is 4.98 Å². The lowest BCUT2D eigenvalue weighted by molar-refractivity contribution is 1.12. The van der Waals surface area contributed by atoms with Crippen molar-refractivity contribution in [2.75, 3.05) is 12.4 Å². The molecule has 0 bridgehead atoms. The number of nitrogens with one attached hydrogen (secondary N) is 1. The SMILES string of the molecule is CNc1c(C)cnc(C)c1C. The molecule has 2 heteroatoms. The molecule has 1 rings (SSSR count). The molecular formula is C9H14N2. The number of rotatable bonds is 1. The minimum atomic E-state index is 1.10. The molecule has 0 radical (unpaired) electrons. The fraction of sp³-hybridized carbons (Fsp3) is 0.444. The standard InChI is InChI=1S/C9H14N2/c1-6-5-11-8(3)7(2)9(6)10-4/h5H,1-4H3,(H,10,11). The van der Waals surface area contributed by atoms with Gasteiger partial charge in [0.05, 0.1) is 0 Å². The third-order valence-electron chi connectivity index (χ3n) is 2.01. The van der Waals surface area contributed by atoms with Crippen LogP contribution in [0.2, 0.25) is 0 Å². The van der Waals surface area contributed by atoms with Gasteiger partial charge in [0, 0.05) is 24.6 Å². The molecule has 1 aromatic heterocycles. The van der Waals surface area contributed by atoms with Crippen molar-refractivity contribution in [2.45, 2.75) is 20.8 Å². The van der Waals surface area contributed by atoms with Gasteiger partial charge in [-0.2, -0.15) is 0 Å². The fourth-order valence-electron chi connectivity index (χ4n) is 1.22. The molecule has 0 aliphatic carbocycles. The quantitative estimate of drug-likeness (QED) is 0.662. The van der Waals surface area contributed by atoms with Gasteiger partial charge in [0.1, 0.15) is 0 Å². The smallest absolute Gasteiger partial charge is 0.0430 e. The maximum Gasteiger partial charge on any atom is 0.0430 e. The van der Waals surface area contributed by atoms with Crippen molar-refractivity contribution in [2.24, 2.45) is 0 Å². The van der Waals surface area contributed by atoms with Crippen molar-refractivity contribution in [3.63, 3.8) is 0 Å². The largest absolute Gasteiger partial charge is 0.388 e. The molecule has 0 saturated heterocycles. The summed E-state index contributed by atoms with van der Waals surface area (Å²) in [7, 11) is 1.94. The lowest BCUT2D eigenvalue weighted by atomic mass is 10.1. The molecule has 0 saturated carbocycles. The van der Waals surface area contributed by atoms with Crippen molar-refractivity contribution in [1.82, 2.24) is 4.98 Å². The molecule has 0 atom stereocenters. The number of pyridine rings is 1. The van der Waals surface area contributed by atoms with Gasteiger partial charge in [-0.25, -0.2) is 0 Å². The summed E-state index contributed by atoms with van der Waals surface area (Å²) in [6.07, 6.45) is 1.90. The summed E-state index contributed by atoms with van der Waals surface area (Å²) < 4.78 is 0. The van der Waals surface area contributed by atoms with Gasteiger partial charge in [-0.15, -0.1) is 0 Å². The second-order valence-electron chi connectivity index (χ2n) is 2.78. The van der Waals surface area contributed by atoms with Crippen LogP contribution in [0.5, 0.6) is 0 Å². The Morgan fingerprint density at radius 1 is 1.27 bits per heavy atom. The van der Waals surface area contributed by atoms with Crippen LogP contribution in [0.4, 0.5) is 5.69 Å². The summed E-state index contributed by atoms with van der Waals surface area (Å²) in [5.74, 6) is 0. The van der Waals surface area contributed by atoms with Crippen LogP contribution >= 0.6 is 0 Å². The molecule has 0 fully saturated rings. The van der Waals surface area contributed by atoms with E-state index in [0.29, 0.717) is 0 Å². The zero-order valence-corrected chi connectivity index (χ0v) is 7.52. The molecule has 0 aliphatic heterocycles. The summed E-state index contributed by atoms with van der Waals surface area (Å²) in [6, 6.07) is 0. The average Bonchev–Trinajstić information content (AvgIpc) is 1.99. The first-order valence-electron chi connectivity index (χ1n) is 3.77. The Kier molecular flexibility index (Phi) is 2.13. The molecular weight excluding hydrogens is 136 g/mol. The van der Waals surface area contributed by atoms with Gasteiger partial charge in [0.25, 0.3) is 0 Å². The Morgan fingerprint density at radius 2 is 1.91 bits per heavy atom. The van der Waals surface area contributed by atoms with Crippen LogP contribution in [0, 0.1) is 20.8 Å². The van der Waals surface area contributed by atoms with Crippen LogP contribution in [0.25, 0.3) is 0 Å². The minimum absolute atomic E-state index is 1.10. The third kappa shape index (κ3) is 1.34. The predicted molar refractivity (Wildman–Crippen MR) is 48.0 cm³/mol. The van der Waals surface area contributed by atoms with Crippen molar-refractivity contribution in [3.8, 4) is 0 Å². The van der Waals surface area contributed by atoms with Gasteiger partial charge >= 0.3 is 0 Å². The highest BCUT2D eigenvalue weighted by Crippen LogP contribution is 2.19. The third-order valence-corrected chi connectivity index (χ3v) is 2.01. The Labute approximate surface area is 67.7 Å². The topological polar surface area (TPSA) is 24.9 Å². The maximum absolute atomic E-state index is 4.25. The van der Waals surface area contributed by atoms with E-state index in [0.717, 1.165) is 5.69 Å². The number of hydrogen-bond acceptors (Lipinski definition) is 2. The molecule has 0 aromatic carbocycles. The summed E-state index contributed by atoms with van der Waals surface area (Å²) >= 11 is 0. The molecule has 1 aromatic rings. The van der Waals surface area contributed by atoms with Crippen LogP contribution in [0.15, 0.2) is 6.20 Å². The first kappa shape index (κ1) is 8.05. The van der Waals surface area contributed by atoms with E-state index in [-0.39, 0.29) is 0 Å². The predicted octanol–water partition coefficient (Wildman–Crippen LogP) is 2.05. The van der Waals surface area contributed by atoms with Crippen LogP contribution in [0.1, 0.15) is 16.8 Å². The summed E-state index contributed by atoms with van der Waals surface area (Å²) in [5, 5.41) is 3.16. The molecule has 60 valence electrons. The van der Waals surface area contributed by atoms with Crippen molar-refractivity contribution >= 4 is 5.69 Å². The van der Waals surface area contributed by atoms with Gasteiger partial charge in [-0.05, 0) is 31.9 Å². The zero-order valence-electron chi connectivity index (χ0n) is 7.52. The highest BCUT2D eigenvalue weighted by molar-refractivity contribution is 5.56. The van der Waals surface area contributed by atoms with E-state index in [2.05, 4.69) is 24.1 Å². The normalized spacial score (nSPS) is 9.82. The van der Waals surface area contributed by atoms with E-state index in [9.17, 15) is 0 Å². The van der Waals surface area contributed by atoms with E-state index < -0.39 is 0 Å². The number of nitrogens with zero attached hydrogens (tertiary/aromatic N) is 1. The van der Waals surface area contributed by atoms with Crippen LogP contribution in [0.3, 0.4) is 0 Å². The van der Waals surface area contributed by atoms with E-state index in [1.165, 1.54) is 16.8 Å². The Hall–Kier alpha value is -1.05. The maximum atomic E-state index is 4.25. The zero-order chi connectivity index (χ0) is 8.43. The van der Waals surface area contributed by atoms with Crippen molar-refractivity contribution in [1.29, 1.82) is 0 Å². The summed E-state index contributed by atoms with van der Waals surface area (Å²) in [6.45, 7) is 6.17. The number of aromatic nitrogens is 1. The summed E-state index contributed by atoms with van der Waals surface area (Å²) in [4.78, 5) is 4.25. The van der Waals surface area contributed by atoms with E-state index in [4.69, 9.17) is 0 Å². The second-order valence-corrected chi connectivity index (χ2v) is 2.78. The monoisotopic (exact) mass is 150 g/mol. The molecule has 0 aliphatic rings. The van der Waals surface area contributed by atoms with Crippen molar-refractivity contribution < 1.29 is 0 Å². The second kappa shape index (κ2) is 2.91. The van der Waals surface area contributed by atoms with E-state index in [1.54, 1.807) is 0 Å². The first-order valence-corrected chi connectivity index (χ1v) is 3.77. The number of aryl methyl sites for hydroxylation is 2. The highest BCUT2D eigenvalue weighted by Gasteiger charge is 2.02. The van der Waals surface area contributed by atoms with Crippen LogP contribution < -0.4 is 5.32 Å². The number of anilines is 1. The van der Waals surface area contributed by atoms with Gasteiger partial charge in [0.15, 0.2) is 0 Å². The molecule has 1 heterocycles. The van der Waals surface area contributed by atoms with E-state index >= 15 is 0 Å². The molecule has 0 amide bonds. The fourth-order valence-corrected chi connectivity index (χ4v) is 1.22. The summed E-state index contributed by atoms with van der Waals surface area (Å²) in [5.41, 5.74) is 4.75. The van der Waals surface area contributed by atoms with Crippen LogP contribution in [-0.2, 0) is 0 Å². The Morgan fingerprint density at radius 3 is 2.36 bits per heavy atom. The molecule has 11 heavy (non-hydrogen) atoms. The average molecular weight is 150 g/mol. The van der Waals surface area contributed by atoms with Gasteiger partial charge < -0.3 is 5.32 Å². The molecule has 2 nitrogen and oxygen atoms in total. The van der Waals surface area contributed by atoms with Gasteiger partial charge in [0.2, 0.25) is 0 Å². The van der Waals surface area contributed by atoms with Gasteiger partial charge in [-0.1, -0.05) is 0 Å². The molecule has 1 N–H and O–H groups in total. The lowest BCUT2D eigenvalue weighted by Gasteiger charge is -2.09. The molecule has 0 spiro atoms.